The highest BCUT2D eigenvalue weighted by Crippen LogP contribution is 2.61. The first-order valence-electron chi connectivity index (χ1n) is 13.6. The van der Waals surface area contributed by atoms with E-state index in [1.807, 2.05) is 0 Å². The van der Waals surface area contributed by atoms with Crippen LogP contribution in [0.3, 0.4) is 0 Å². The highest BCUT2D eigenvalue weighted by molar-refractivity contribution is 5.86. The first kappa shape index (κ1) is 24.5. The molecular formula is C29H28N6O5. The fourth-order valence-corrected chi connectivity index (χ4v) is 8.10. The van der Waals surface area contributed by atoms with Crippen LogP contribution in [0.15, 0.2) is 73.3 Å². The van der Waals surface area contributed by atoms with Gasteiger partial charge in [-0.25, -0.2) is 4.98 Å². The van der Waals surface area contributed by atoms with E-state index in [-0.39, 0.29) is 17.3 Å². The van der Waals surface area contributed by atoms with Crippen LogP contribution in [0, 0.1) is 43.4 Å². The molecule has 5 aliphatic rings. The van der Waals surface area contributed by atoms with Crippen LogP contribution in [-0.2, 0) is 4.79 Å². The second kappa shape index (κ2) is 9.00. The number of rotatable bonds is 6. The number of aromatic nitrogens is 2. The van der Waals surface area contributed by atoms with Gasteiger partial charge in [-0.3, -0.25) is 34.5 Å². The molecule has 4 fully saturated rings. The molecule has 204 valence electrons. The predicted molar refractivity (Wildman–Crippen MR) is 145 cm³/mol. The number of hydrogen-bond acceptors (Lipinski definition) is 7. The Bertz CT molecular complexity index is 1530. The third kappa shape index (κ3) is 3.71. The van der Waals surface area contributed by atoms with E-state index in [9.17, 15) is 25.0 Å². The maximum atomic E-state index is 14.6. The summed E-state index contributed by atoms with van der Waals surface area (Å²) in [5, 5.41) is 23.9. The first-order valence-corrected chi connectivity index (χ1v) is 13.6. The van der Waals surface area contributed by atoms with Gasteiger partial charge in [0.2, 0.25) is 5.91 Å². The lowest BCUT2D eigenvalue weighted by Gasteiger charge is -2.56. The van der Waals surface area contributed by atoms with Crippen LogP contribution >= 0.6 is 0 Å². The molecule has 4 saturated carbocycles. The van der Waals surface area contributed by atoms with Gasteiger partial charge < -0.3 is 4.90 Å². The zero-order valence-electron chi connectivity index (χ0n) is 21.7. The molecule has 0 unspecified atom stereocenters. The summed E-state index contributed by atoms with van der Waals surface area (Å²) in [5.74, 6) is 2.03. The van der Waals surface area contributed by atoms with Crippen LogP contribution in [0.25, 0.3) is 5.69 Å². The van der Waals surface area contributed by atoms with Gasteiger partial charge in [0.25, 0.3) is 11.4 Å². The second-order valence-corrected chi connectivity index (χ2v) is 11.6. The van der Waals surface area contributed by atoms with Crippen molar-refractivity contribution in [2.24, 2.45) is 23.2 Å². The van der Waals surface area contributed by atoms with Gasteiger partial charge in [-0.05, 0) is 68.4 Å². The van der Waals surface area contributed by atoms with Crippen molar-refractivity contribution in [1.82, 2.24) is 14.5 Å². The summed E-state index contributed by atoms with van der Waals surface area (Å²) < 4.78 is 1.61. The van der Waals surface area contributed by atoms with Crippen molar-refractivity contribution in [3.63, 3.8) is 0 Å². The van der Waals surface area contributed by atoms with Crippen molar-refractivity contribution in [2.45, 2.75) is 44.7 Å². The molecule has 1 aromatic heterocycles. The van der Waals surface area contributed by atoms with Crippen molar-refractivity contribution in [3.8, 4) is 5.69 Å². The zero-order chi connectivity index (χ0) is 27.6. The Balaban J connectivity index is 1.36. The van der Waals surface area contributed by atoms with Crippen LogP contribution in [0.5, 0.6) is 0 Å². The van der Waals surface area contributed by atoms with Gasteiger partial charge in [-0.15, -0.1) is 0 Å². The number of carbonyl (C=O) groups excluding carboxylic acids is 1. The Morgan fingerprint density at radius 1 is 0.825 bits per heavy atom. The minimum atomic E-state index is -0.864. The molecule has 8 rings (SSSR count). The lowest BCUT2D eigenvalue weighted by atomic mass is 9.49. The van der Waals surface area contributed by atoms with Gasteiger partial charge in [-0.1, -0.05) is 24.3 Å². The Morgan fingerprint density at radius 2 is 1.38 bits per heavy atom. The van der Waals surface area contributed by atoms with Crippen molar-refractivity contribution in [2.75, 3.05) is 4.90 Å². The van der Waals surface area contributed by atoms with Crippen molar-refractivity contribution >= 4 is 23.0 Å². The number of carbonyl (C=O) groups is 1. The smallest absolute Gasteiger partial charge is 0.293 e. The minimum absolute atomic E-state index is 0.00560. The number of para-hydroxylation sites is 4. The molecule has 0 spiro atoms. The Hall–Kier alpha value is -4.54. The van der Waals surface area contributed by atoms with Crippen molar-refractivity contribution < 1.29 is 14.6 Å². The average molecular weight is 541 g/mol. The lowest BCUT2D eigenvalue weighted by Crippen LogP contribution is -2.54. The molecule has 0 N–H and O–H groups in total. The van der Waals surface area contributed by atoms with E-state index < -0.39 is 21.4 Å². The second-order valence-electron chi connectivity index (χ2n) is 11.6. The minimum Gasteiger partial charge on any atom is -0.313 e. The van der Waals surface area contributed by atoms with Crippen LogP contribution in [-0.4, -0.2) is 30.2 Å². The molecule has 2 aromatic carbocycles. The number of nitro groups is 2. The standard InChI is InChI=1S/C29H28N6O5/c36-28(29-16-19-13-20(17-29)15-21(14-19)18-29)33-12-11-32(23-6-2-4-8-25(23)35(39)40)27(33)26-30-9-10-31(26)22-5-1-3-7-24(22)34(37)38/h1-12,19-21,27H,13-18H2/t19?,20?,21?,27-,29?/m1/s1. The SMILES string of the molecule is O=C(N1C=CN(c2ccccc2[N+](=O)[O-])[C@H]1c1nccn1-c1ccccc1[N+](=O)[O-])C12CC3CC(CC(C3)C1)C2. The maximum absolute atomic E-state index is 14.6. The highest BCUT2D eigenvalue weighted by atomic mass is 16.6. The number of nitrogens with zero attached hydrogens (tertiary/aromatic N) is 6. The van der Waals surface area contributed by atoms with E-state index in [0.29, 0.717) is 35.0 Å². The molecular weight excluding hydrogens is 512 g/mol. The van der Waals surface area contributed by atoms with E-state index in [1.165, 1.54) is 37.6 Å². The highest BCUT2D eigenvalue weighted by Gasteiger charge is 2.57. The predicted octanol–water partition coefficient (Wildman–Crippen LogP) is 5.72. The molecule has 1 amide bonds. The van der Waals surface area contributed by atoms with Crippen LogP contribution < -0.4 is 4.90 Å². The van der Waals surface area contributed by atoms with Gasteiger partial charge in [0, 0.05) is 36.9 Å². The summed E-state index contributed by atoms with van der Waals surface area (Å²) in [6, 6.07) is 12.7. The van der Waals surface area contributed by atoms with Gasteiger partial charge in [0.15, 0.2) is 12.0 Å². The van der Waals surface area contributed by atoms with Gasteiger partial charge in [0.1, 0.15) is 11.4 Å². The summed E-state index contributed by atoms with van der Waals surface area (Å²) in [5.41, 5.74) is -0.0659. The van der Waals surface area contributed by atoms with Gasteiger partial charge in [-0.2, -0.15) is 0 Å². The molecule has 2 heterocycles. The summed E-state index contributed by atoms with van der Waals surface area (Å²) in [4.78, 5) is 45.5. The fourth-order valence-electron chi connectivity index (χ4n) is 8.10. The summed E-state index contributed by atoms with van der Waals surface area (Å²) in [7, 11) is 0. The number of benzene rings is 2. The molecule has 1 aliphatic heterocycles. The number of anilines is 1. The third-order valence-corrected chi connectivity index (χ3v) is 9.24. The van der Waals surface area contributed by atoms with Crippen molar-refractivity contribution in [1.29, 1.82) is 0 Å². The first-order chi connectivity index (χ1) is 19.3. The Morgan fingerprint density at radius 3 is 1.98 bits per heavy atom. The largest absolute Gasteiger partial charge is 0.313 e. The number of amides is 1. The van der Waals surface area contributed by atoms with E-state index in [4.69, 9.17) is 0 Å². The number of hydrogen-bond donors (Lipinski definition) is 0. The maximum Gasteiger partial charge on any atom is 0.293 e. The fraction of sp³-hybridized carbons (Fsp3) is 0.379. The Kier molecular flexibility index (Phi) is 5.51. The van der Waals surface area contributed by atoms with E-state index in [2.05, 4.69) is 4.98 Å². The monoisotopic (exact) mass is 540 g/mol. The Labute approximate surface area is 230 Å². The lowest BCUT2D eigenvalue weighted by molar-refractivity contribution is -0.384. The topological polar surface area (TPSA) is 128 Å². The van der Waals surface area contributed by atoms with Crippen LogP contribution in [0.2, 0.25) is 0 Å². The van der Waals surface area contributed by atoms with Crippen molar-refractivity contribution in [3.05, 3.63) is 99.4 Å². The van der Waals surface area contributed by atoms with E-state index >= 15 is 0 Å². The van der Waals surface area contributed by atoms with Crippen LogP contribution in [0.4, 0.5) is 17.1 Å². The summed E-state index contributed by atoms with van der Waals surface area (Å²) >= 11 is 0. The molecule has 11 nitrogen and oxygen atoms in total. The number of nitro benzene ring substituents is 2. The quantitative estimate of drug-likeness (QED) is 0.289. The zero-order valence-corrected chi connectivity index (χ0v) is 21.7. The molecule has 0 radical (unpaired) electrons. The molecule has 3 aromatic rings. The summed E-state index contributed by atoms with van der Waals surface area (Å²) in [6.07, 6.45) is 11.8. The average Bonchev–Trinajstić information content (AvgIpc) is 3.59. The van der Waals surface area contributed by atoms with E-state index in [0.717, 1.165) is 19.3 Å². The van der Waals surface area contributed by atoms with Crippen LogP contribution in [0.1, 0.15) is 50.5 Å². The van der Waals surface area contributed by atoms with Gasteiger partial charge >= 0.3 is 0 Å². The normalized spacial score (nSPS) is 28.3. The van der Waals surface area contributed by atoms with E-state index in [1.54, 1.807) is 69.4 Å². The molecule has 0 saturated heterocycles. The third-order valence-electron chi connectivity index (χ3n) is 9.24. The molecule has 11 heteroatoms. The molecule has 4 bridgehead atoms. The number of imidazole rings is 1. The molecule has 1 atom stereocenters. The summed E-state index contributed by atoms with van der Waals surface area (Å²) in [6.45, 7) is 0. The molecule has 4 aliphatic carbocycles. The molecule has 40 heavy (non-hydrogen) atoms. The van der Waals surface area contributed by atoms with Gasteiger partial charge in [0.05, 0.1) is 15.3 Å².